The third-order valence-electron chi connectivity index (χ3n) is 5.49. The second kappa shape index (κ2) is 9.27. The molecule has 2 aromatic carbocycles. The molecule has 0 spiro atoms. The molecule has 1 atom stereocenters. The van der Waals surface area contributed by atoms with Gasteiger partial charge in [-0.1, -0.05) is 36.4 Å². The van der Waals surface area contributed by atoms with E-state index in [0.29, 0.717) is 30.2 Å². The van der Waals surface area contributed by atoms with Crippen LogP contribution in [0.2, 0.25) is 0 Å². The van der Waals surface area contributed by atoms with E-state index in [1.165, 1.54) is 5.56 Å². The topological polar surface area (TPSA) is 52.5 Å². The van der Waals surface area contributed by atoms with Crippen LogP contribution in [0.25, 0.3) is 10.2 Å². The molecule has 4 aromatic rings. The number of aromatic nitrogens is 1. The van der Waals surface area contributed by atoms with Crippen molar-refractivity contribution in [2.45, 2.75) is 19.4 Å². The first kappa shape index (κ1) is 21.0. The van der Waals surface area contributed by atoms with Gasteiger partial charge in [0.15, 0.2) is 11.5 Å². The molecule has 0 aliphatic rings. The van der Waals surface area contributed by atoms with Crippen molar-refractivity contribution in [1.82, 2.24) is 9.88 Å². The number of carbonyl (C=O) groups excluding carboxylic acids is 1. The minimum Gasteiger partial charge on any atom is -0.493 e. The molecule has 2 heterocycles. The normalized spacial score (nSPS) is 12.0. The first-order chi connectivity index (χ1) is 15.1. The van der Waals surface area contributed by atoms with Crippen LogP contribution in [-0.2, 0) is 6.42 Å². The fourth-order valence-electron chi connectivity index (χ4n) is 3.83. The van der Waals surface area contributed by atoms with Crippen molar-refractivity contribution in [1.29, 1.82) is 0 Å². The Morgan fingerprint density at radius 2 is 1.81 bits per heavy atom. The predicted octanol–water partition coefficient (Wildman–Crippen LogP) is 5.30. The van der Waals surface area contributed by atoms with Crippen LogP contribution in [0.5, 0.6) is 11.5 Å². The van der Waals surface area contributed by atoms with Gasteiger partial charge in [0.05, 0.1) is 20.3 Å². The molecular weight excluding hydrogens is 408 g/mol. The van der Waals surface area contributed by atoms with E-state index in [2.05, 4.69) is 40.4 Å². The van der Waals surface area contributed by atoms with Crippen LogP contribution in [0.3, 0.4) is 0 Å². The summed E-state index contributed by atoms with van der Waals surface area (Å²) in [7, 11) is 3.24. The Morgan fingerprint density at radius 1 is 1.03 bits per heavy atom. The van der Waals surface area contributed by atoms with Gasteiger partial charge in [0.1, 0.15) is 10.5 Å². The Hall–Kier alpha value is -3.25. The summed E-state index contributed by atoms with van der Waals surface area (Å²) < 4.78 is 12.8. The number of ether oxygens (including phenoxy) is 2. The van der Waals surface area contributed by atoms with E-state index in [4.69, 9.17) is 9.47 Å². The van der Waals surface area contributed by atoms with Crippen LogP contribution in [0.1, 0.15) is 34.6 Å². The summed E-state index contributed by atoms with van der Waals surface area (Å²) in [5.74, 6) is 1.33. The number of hydrogen-bond acceptors (Lipinski definition) is 4. The number of nitrogens with zero attached hydrogens (tertiary/aromatic N) is 1. The average Bonchev–Trinajstić information content (AvgIpc) is 3.40. The minimum absolute atomic E-state index is 0.0592. The van der Waals surface area contributed by atoms with Gasteiger partial charge < -0.3 is 19.4 Å². The lowest BCUT2D eigenvalue weighted by atomic mass is 10.1. The Labute approximate surface area is 186 Å². The van der Waals surface area contributed by atoms with Crippen LogP contribution in [0.15, 0.2) is 66.0 Å². The number of thiophene rings is 1. The van der Waals surface area contributed by atoms with Gasteiger partial charge in [0.25, 0.3) is 5.91 Å². The zero-order valence-corrected chi connectivity index (χ0v) is 18.7. The van der Waals surface area contributed by atoms with Gasteiger partial charge in [0, 0.05) is 11.9 Å². The van der Waals surface area contributed by atoms with E-state index in [0.717, 1.165) is 15.8 Å². The molecule has 4 rings (SSSR count). The maximum Gasteiger partial charge on any atom is 0.267 e. The fourth-order valence-corrected chi connectivity index (χ4v) is 4.81. The van der Waals surface area contributed by atoms with Crippen molar-refractivity contribution in [2.24, 2.45) is 0 Å². The number of hydrogen-bond donors (Lipinski definition) is 1. The van der Waals surface area contributed by atoms with Crippen molar-refractivity contribution in [3.8, 4) is 11.5 Å². The number of methoxy groups -OCH3 is 2. The summed E-state index contributed by atoms with van der Waals surface area (Å²) in [6, 6.07) is 20.2. The highest BCUT2D eigenvalue weighted by Crippen LogP contribution is 2.32. The summed E-state index contributed by atoms with van der Waals surface area (Å²) in [5, 5.41) is 6.25. The molecule has 1 amide bonds. The number of carbonyl (C=O) groups is 1. The second-order valence-electron chi connectivity index (χ2n) is 7.36. The number of rotatable bonds is 8. The highest BCUT2D eigenvalue weighted by Gasteiger charge is 2.21. The molecule has 0 aliphatic heterocycles. The molecule has 160 valence electrons. The van der Waals surface area contributed by atoms with Crippen molar-refractivity contribution in [2.75, 3.05) is 20.8 Å². The minimum atomic E-state index is -0.0633. The highest BCUT2D eigenvalue weighted by atomic mass is 32.1. The van der Waals surface area contributed by atoms with Crippen molar-refractivity contribution < 1.29 is 14.3 Å². The second-order valence-corrected chi connectivity index (χ2v) is 8.26. The van der Waals surface area contributed by atoms with E-state index in [1.807, 2.05) is 42.5 Å². The maximum atomic E-state index is 13.1. The molecule has 0 radical (unpaired) electrons. The number of fused-ring (bicyclic) bond motifs is 1. The van der Waals surface area contributed by atoms with Crippen LogP contribution in [0, 0.1) is 0 Å². The molecule has 6 heteroatoms. The molecule has 0 fully saturated rings. The zero-order chi connectivity index (χ0) is 21.8. The lowest BCUT2D eigenvalue weighted by Gasteiger charge is -2.18. The molecule has 5 nitrogen and oxygen atoms in total. The van der Waals surface area contributed by atoms with Crippen LogP contribution >= 0.6 is 11.3 Å². The van der Waals surface area contributed by atoms with Crippen LogP contribution in [-0.4, -0.2) is 31.2 Å². The van der Waals surface area contributed by atoms with Crippen molar-refractivity contribution >= 4 is 27.5 Å². The molecule has 1 N–H and O–H groups in total. The number of nitrogens with one attached hydrogen (secondary N) is 1. The molecule has 31 heavy (non-hydrogen) atoms. The van der Waals surface area contributed by atoms with Gasteiger partial charge in [-0.05, 0) is 54.1 Å². The fraction of sp³-hybridized carbons (Fsp3) is 0.240. The molecular formula is C25H26N2O3S. The van der Waals surface area contributed by atoms with E-state index < -0.39 is 0 Å². The van der Waals surface area contributed by atoms with Gasteiger partial charge in [0.2, 0.25) is 0 Å². The third kappa shape index (κ3) is 4.30. The standard InChI is InChI=1S/C25H26N2O3S/c1-17(19-7-5-4-6-8-19)27-21(16-20-12-14-31-25(20)27)24(28)26-13-11-18-9-10-22(29-2)23(15-18)30-3/h4-10,12,14-17H,11,13H2,1-3H3,(H,26,28)/t17-/m1/s1. The Kier molecular flexibility index (Phi) is 6.28. The molecule has 0 bridgehead atoms. The molecule has 0 saturated carbocycles. The monoisotopic (exact) mass is 434 g/mol. The summed E-state index contributed by atoms with van der Waals surface area (Å²) in [6.45, 7) is 2.67. The summed E-state index contributed by atoms with van der Waals surface area (Å²) >= 11 is 1.66. The largest absolute Gasteiger partial charge is 0.493 e. The quantitative estimate of drug-likeness (QED) is 0.409. The van der Waals surface area contributed by atoms with Gasteiger partial charge in [-0.15, -0.1) is 11.3 Å². The number of amides is 1. The molecule has 2 aromatic heterocycles. The SMILES string of the molecule is COc1ccc(CCNC(=O)c2cc3ccsc3n2[C@H](C)c2ccccc2)cc1OC. The smallest absolute Gasteiger partial charge is 0.267 e. The Balaban J connectivity index is 1.51. The zero-order valence-electron chi connectivity index (χ0n) is 17.9. The summed E-state index contributed by atoms with van der Waals surface area (Å²) in [6.07, 6.45) is 0.704. The first-order valence-electron chi connectivity index (χ1n) is 10.2. The lowest BCUT2D eigenvalue weighted by Crippen LogP contribution is -2.28. The van der Waals surface area contributed by atoms with Gasteiger partial charge in [-0.3, -0.25) is 4.79 Å². The van der Waals surface area contributed by atoms with Crippen molar-refractivity contribution in [3.63, 3.8) is 0 Å². The van der Waals surface area contributed by atoms with E-state index in [9.17, 15) is 4.79 Å². The van der Waals surface area contributed by atoms with Gasteiger partial charge >= 0.3 is 0 Å². The Bertz CT molecular complexity index is 1180. The third-order valence-corrected chi connectivity index (χ3v) is 6.42. The van der Waals surface area contributed by atoms with Crippen molar-refractivity contribution in [3.05, 3.63) is 82.9 Å². The summed E-state index contributed by atoms with van der Waals surface area (Å²) in [5.41, 5.74) is 2.94. The van der Waals surface area contributed by atoms with Crippen LogP contribution in [0.4, 0.5) is 0 Å². The first-order valence-corrected chi connectivity index (χ1v) is 11.1. The lowest BCUT2D eigenvalue weighted by molar-refractivity contribution is 0.0944. The molecule has 0 aliphatic carbocycles. The van der Waals surface area contributed by atoms with E-state index >= 15 is 0 Å². The van der Waals surface area contributed by atoms with E-state index in [-0.39, 0.29) is 11.9 Å². The predicted molar refractivity (Wildman–Crippen MR) is 126 cm³/mol. The summed E-state index contributed by atoms with van der Waals surface area (Å²) in [4.78, 5) is 14.2. The maximum absolute atomic E-state index is 13.1. The molecule has 0 saturated heterocycles. The highest BCUT2D eigenvalue weighted by molar-refractivity contribution is 7.16. The molecule has 0 unspecified atom stereocenters. The Morgan fingerprint density at radius 3 is 2.55 bits per heavy atom. The van der Waals surface area contributed by atoms with E-state index in [1.54, 1.807) is 25.6 Å². The van der Waals surface area contributed by atoms with Gasteiger partial charge in [-0.2, -0.15) is 0 Å². The number of benzene rings is 2. The average molecular weight is 435 g/mol. The van der Waals surface area contributed by atoms with Gasteiger partial charge in [-0.25, -0.2) is 0 Å². The van der Waals surface area contributed by atoms with Crippen LogP contribution < -0.4 is 14.8 Å².